The number of hydrogen-bond donors (Lipinski definition) is 1. The fourth-order valence-corrected chi connectivity index (χ4v) is 8.77. The van der Waals surface area contributed by atoms with Gasteiger partial charge in [-0.05, 0) is 77.0 Å². The Morgan fingerprint density at radius 2 is 0.770 bits per heavy atom. The van der Waals surface area contributed by atoms with Gasteiger partial charge in [-0.25, -0.2) is 4.57 Å². The minimum absolute atomic E-state index is 0.0251. The molecule has 74 heavy (non-hydrogen) atoms. The molecule has 0 aliphatic rings. The van der Waals surface area contributed by atoms with Crippen LogP contribution in [0.3, 0.4) is 0 Å². The Labute approximate surface area is 455 Å². The van der Waals surface area contributed by atoms with E-state index in [1.54, 1.807) is 0 Å². The van der Waals surface area contributed by atoms with E-state index in [4.69, 9.17) is 18.5 Å². The van der Waals surface area contributed by atoms with Crippen LogP contribution in [0, 0.1) is 0 Å². The molecule has 0 bridgehead atoms. The summed E-state index contributed by atoms with van der Waals surface area (Å²) < 4.78 is 34.6. The average Bonchev–Trinajstić information content (AvgIpc) is 3.36. The van der Waals surface area contributed by atoms with Gasteiger partial charge in [0.25, 0.3) is 0 Å². The maximum Gasteiger partial charge on any atom is 0.472 e. The van der Waals surface area contributed by atoms with Crippen molar-refractivity contribution in [1.29, 1.82) is 0 Å². The average molecular weight is 1060 g/mol. The lowest BCUT2D eigenvalue weighted by Gasteiger charge is -2.24. The first-order valence-electron chi connectivity index (χ1n) is 30.0. The van der Waals surface area contributed by atoms with Crippen LogP contribution in [0.2, 0.25) is 0 Å². The van der Waals surface area contributed by atoms with E-state index in [9.17, 15) is 19.0 Å². The molecule has 0 radical (unpaired) electrons. The van der Waals surface area contributed by atoms with Crippen molar-refractivity contribution in [2.24, 2.45) is 0 Å². The smallest absolute Gasteiger partial charge is 0.462 e. The zero-order valence-corrected chi connectivity index (χ0v) is 49.2. The first-order valence-corrected chi connectivity index (χ1v) is 31.5. The van der Waals surface area contributed by atoms with Gasteiger partial charge in [0.1, 0.15) is 19.8 Å². The Kier molecular flexibility index (Phi) is 52.4. The third kappa shape index (κ3) is 58.2. The van der Waals surface area contributed by atoms with Crippen LogP contribution in [0.1, 0.15) is 245 Å². The standard InChI is InChI=1S/C64H112NO8P/c1-6-8-10-12-14-16-18-20-22-24-26-27-28-29-30-31-32-33-34-35-36-37-39-41-43-45-47-49-51-53-55-57-64(67)73-62(61-72-74(68,69)71-59-58-65(3,4)5)60-70-63(66)56-54-52-50-48-46-44-42-40-38-25-23-21-19-17-15-13-11-9-7-2/h8,10,14,16,20,22,26-27,29-30,32-33,35-36,39,41,62H,6-7,9,11-13,15,17-19,21,23-25,28,31,34,37-38,40,42-61H2,1-5H3/p+1/b10-8-,16-14-,22-20-,27-26-,30-29-,33-32-,36-35-,41-39-. The Morgan fingerprint density at radius 1 is 0.432 bits per heavy atom. The maximum absolute atomic E-state index is 12.8. The number of esters is 2. The monoisotopic (exact) mass is 1050 g/mol. The normalized spacial score (nSPS) is 14.0. The van der Waals surface area contributed by atoms with Gasteiger partial charge in [-0.15, -0.1) is 0 Å². The second kappa shape index (κ2) is 54.7. The minimum Gasteiger partial charge on any atom is -0.462 e. The van der Waals surface area contributed by atoms with Gasteiger partial charge in [-0.3, -0.25) is 18.6 Å². The second-order valence-electron chi connectivity index (χ2n) is 21.0. The van der Waals surface area contributed by atoms with Gasteiger partial charge in [0.05, 0.1) is 27.7 Å². The highest BCUT2D eigenvalue weighted by atomic mass is 31.2. The lowest BCUT2D eigenvalue weighted by Crippen LogP contribution is -2.37. The van der Waals surface area contributed by atoms with Gasteiger partial charge in [-0.1, -0.05) is 252 Å². The molecule has 2 unspecified atom stereocenters. The maximum atomic E-state index is 12.8. The van der Waals surface area contributed by atoms with E-state index in [1.807, 2.05) is 21.1 Å². The number of phosphoric ester groups is 1. The number of phosphoric acid groups is 1. The number of allylic oxidation sites excluding steroid dienone is 16. The van der Waals surface area contributed by atoms with Crippen molar-refractivity contribution in [1.82, 2.24) is 0 Å². The molecule has 10 heteroatoms. The summed E-state index contributed by atoms with van der Waals surface area (Å²) in [5.74, 6) is -0.812. The lowest BCUT2D eigenvalue weighted by molar-refractivity contribution is -0.870. The van der Waals surface area contributed by atoms with Crippen molar-refractivity contribution in [2.45, 2.75) is 251 Å². The van der Waals surface area contributed by atoms with Crippen LogP contribution >= 0.6 is 7.82 Å². The summed E-state index contributed by atoms with van der Waals surface area (Å²) in [6, 6.07) is 0. The van der Waals surface area contributed by atoms with Gasteiger partial charge in [-0.2, -0.15) is 0 Å². The molecular formula is C64H113NO8P+. The molecular weight excluding hydrogens is 942 g/mol. The summed E-state index contributed by atoms with van der Waals surface area (Å²) in [5.41, 5.74) is 0. The van der Waals surface area contributed by atoms with Crippen LogP contribution in [-0.4, -0.2) is 74.9 Å². The second-order valence-corrected chi connectivity index (χ2v) is 22.5. The third-order valence-electron chi connectivity index (χ3n) is 12.6. The quantitative estimate of drug-likeness (QED) is 0.0211. The Bertz CT molecular complexity index is 1570. The summed E-state index contributed by atoms with van der Waals surface area (Å²) in [6.45, 7) is 4.32. The predicted molar refractivity (Wildman–Crippen MR) is 316 cm³/mol. The van der Waals surface area contributed by atoms with Crippen LogP contribution in [0.4, 0.5) is 0 Å². The molecule has 2 atom stereocenters. The van der Waals surface area contributed by atoms with Crippen LogP contribution < -0.4 is 0 Å². The number of rotatable bonds is 54. The first-order chi connectivity index (χ1) is 36.0. The highest BCUT2D eigenvalue weighted by molar-refractivity contribution is 7.47. The number of carbonyl (C=O) groups excluding carboxylic acids is 2. The van der Waals surface area contributed by atoms with Crippen molar-refractivity contribution in [3.8, 4) is 0 Å². The van der Waals surface area contributed by atoms with Gasteiger partial charge in [0.15, 0.2) is 6.10 Å². The van der Waals surface area contributed by atoms with Crippen LogP contribution in [-0.2, 0) is 32.7 Å². The lowest BCUT2D eigenvalue weighted by atomic mass is 10.0. The van der Waals surface area contributed by atoms with E-state index in [0.717, 1.165) is 109 Å². The van der Waals surface area contributed by atoms with Crippen molar-refractivity contribution in [3.05, 3.63) is 97.2 Å². The number of carbonyl (C=O) groups is 2. The highest BCUT2D eigenvalue weighted by Gasteiger charge is 2.27. The van der Waals surface area contributed by atoms with Crippen LogP contribution in [0.5, 0.6) is 0 Å². The highest BCUT2D eigenvalue weighted by Crippen LogP contribution is 2.43. The van der Waals surface area contributed by atoms with Crippen molar-refractivity contribution < 1.29 is 42.1 Å². The van der Waals surface area contributed by atoms with Gasteiger partial charge in [0.2, 0.25) is 0 Å². The number of hydrogen-bond acceptors (Lipinski definition) is 7. The van der Waals surface area contributed by atoms with Crippen molar-refractivity contribution in [3.63, 3.8) is 0 Å². The molecule has 0 saturated heterocycles. The van der Waals surface area contributed by atoms with Crippen LogP contribution in [0.25, 0.3) is 0 Å². The molecule has 0 heterocycles. The Morgan fingerprint density at radius 3 is 1.15 bits per heavy atom. The Hall–Kier alpha value is -3.07. The van der Waals surface area contributed by atoms with Crippen LogP contribution in [0.15, 0.2) is 97.2 Å². The molecule has 0 aliphatic heterocycles. The summed E-state index contributed by atoms with van der Waals surface area (Å²) in [5, 5.41) is 0. The van der Waals surface area contributed by atoms with E-state index in [0.29, 0.717) is 17.4 Å². The Balaban J connectivity index is 4.21. The molecule has 0 saturated carbocycles. The molecule has 0 aromatic carbocycles. The fraction of sp³-hybridized carbons (Fsp3) is 0.719. The van der Waals surface area contributed by atoms with Crippen molar-refractivity contribution >= 4 is 19.8 Å². The molecule has 0 fully saturated rings. The van der Waals surface area contributed by atoms with E-state index < -0.39 is 26.5 Å². The molecule has 1 N–H and O–H groups in total. The summed E-state index contributed by atoms with van der Waals surface area (Å²) in [6.07, 6.45) is 74.7. The first kappa shape index (κ1) is 70.9. The topological polar surface area (TPSA) is 108 Å². The predicted octanol–water partition coefficient (Wildman–Crippen LogP) is 18.8. The number of ether oxygens (including phenoxy) is 2. The van der Waals surface area contributed by atoms with E-state index in [-0.39, 0.29) is 32.0 Å². The molecule has 0 aromatic heterocycles. The summed E-state index contributed by atoms with van der Waals surface area (Å²) >= 11 is 0. The molecule has 0 amide bonds. The summed E-state index contributed by atoms with van der Waals surface area (Å²) in [7, 11) is 1.46. The zero-order chi connectivity index (χ0) is 54.2. The minimum atomic E-state index is -4.40. The molecule has 0 rings (SSSR count). The fourth-order valence-electron chi connectivity index (χ4n) is 8.03. The van der Waals surface area contributed by atoms with Gasteiger partial charge >= 0.3 is 19.8 Å². The van der Waals surface area contributed by atoms with Gasteiger partial charge in [0, 0.05) is 12.8 Å². The van der Waals surface area contributed by atoms with E-state index in [1.165, 1.54) is 103 Å². The van der Waals surface area contributed by atoms with Gasteiger partial charge < -0.3 is 18.9 Å². The van der Waals surface area contributed by atoms with E-state index >= 15 is 0 Å². The molecule has 0 aliphatic carbocycles. The third-order valence-corrected chi connectivity index (χ3v) is 13.6. The molecule has 9 nitrogen and oxygen atoms in total. The zero-order valence-electron chi connectivity index (χ0n) is 48.3. The number of unbranched alkanes of at least 4 members (excludes halogenated alkanes) is 24. The molecule has 426 valence electrons. The number of nitrogens with zero attached hydrogens (tertiary/aromatic N) is 1. The summed E-state index contributed by atoms with van der Waals surface area (Å²) in [4.78, 5) is 35.7. The molecule has 0 spiro atoms. The SMILES string of the molecule is CC/C=C\C/C=C\C/C=C\C/C=C\C/C=C\C/C=C\C/C=C\C/C=C\CCCCCCCCC(=O)OC(COC(=O)CCCCCCCCCCCCCCCCCCCCC)COP(=O)(O)OCC[N+](C)(C)C. The van der Waals surface area contributed by atoms with Crippen molar-refractivity contribution in [2.75, 3.05) is 47.5 Å². The number of likely N-dealkylation sites (N-methyl/N-ethyl adjacent to an activating group) is 1. The number of quaternary nitrogens is 1. The largest absolute Gasteiger partial charge is 0.472 e. The molecule has 0 aromatic rings. The van der Waals surface area contributed by atoms with E-state index in [2.05, 4.69) is 111 Å².